The van der Waals surface area contributed by atoms with Gasteiger partial charge in [0, 0.05) is 29.0 Å². The molecular weight excluding hydrogens is 626 g/mol. The van der Waals surface area contributed by atoms with Gasteiger partial charge in [0.1, 0.15) is 18.5 Å². The molecule has 7 heterocycles. The fourth-order valence-electron chi connectivity index (χ4n) is 8.92. The third-order valence-electron chi connectivity index (χ3n) is 11.4. The molecule has 49 heavy (non-hydrogen) atoms. The number of carbonyl (C=O) groups excluding carboxylic acids is 1. The van der Waals surface area contributed by atoms with E-state index in [9.17, 15) is 19.8 Å². The zero-order chi connectivity index (χ0) is 33.7. The number of aliphatic hydroxyl groups is 2. The fraction of sp³-hybridized carbons (Fsp3) is 0.395. The molecule has 1 saturated heterocycles. The van der Waals surface area contributed by atoms with Gasteiger partial charge in [-0.05, 0) is 79.8 Å². The van der Waals surface area contributed by atoms with Gasteiger partial charge in [0.15, 0.2) is 17.1 Å². The van der Waals surface area contributed by atoms with E-state index in [1.807, 2.05) is 30.3 Å². The predicted octanol–water partition coefficient (Wildman–Crippen LogP) is 3.87. The van der Waals surface area contributed by atoms with Crippen molar-refractivity contribution in [1.82, 2.24) is 14.5 Å². The third kappa shape index (κ3) is 4.28. The van der Waals surface area contributed by atoms with Crippen LogP contribution in [-0.4, -0.2) is 69.3 Å². The van der Waals surface area contributed by atoms with Gasteiger partial charge in [0.25, 0.3) is 5.56 Å². The Bertz CT molecular complexity index is 2160. The number of aliphatic hydroxyl groups excluding tert-OH is 1. The Kier molecular flexibility index (Phi) is 6.75. The second kappa shape index (κ2) is 10.9. The summed E-state index contributed by atoms with van der Waals surface area (Å²) in [7, 11) is 1.65. The number of benzene rings is 2. The van der Waals surface area contributed by atoms with Crippen LogP contribution >= 0.6 is 0 Å². The molecule has 6 aliphatic rings. The Morgan fingerprint density at radius 2 is 1.86 bits per heavy atom. The number of ether oxygens (including phenoxy) is 4. The number of carbonyl (C=O) groups is 1. The van der Waals surface area contributed by atoms with Crippen molar-refractivity contribution in [2.45, 2.75) is 68.9 Å². The maximum atomic E-state index is 13.0. The maximum Gasteiger partial charge on any atom is 0.343 e. The summed E-state index contributed by atoms with van der Waals surface area (Å²) in [5.74, 6) is 1.62. The van der Waals surface area contributed by atoms with E-state index >= 15 is 0 Å². The minimum absolute atomic E-state index is 0.00644. The minimum Gasteiger partial charge on any atom is -0.499 e. The Balaban J connectivity index is 0.000000134. The van der Waals surface area contributed by atoms with Crippen LogP contribution in [0.25, 0.3) is 22.3 Å². The van der Waals surface area contributed by atoms with Gasteiger partial charge in [-0.3, -0.25) is 9.69 Å². The van der Waals surface area contributed by atoms with E-state index in [0.717, 1.165) is 66.0 Å². The summed E-state index contributed by atoms with van der Waals surface area (Å²) in [6, 6.07) is 15.7. The lowest BCUT2D eigenvalue weighted by atomic mass is 9.78. The van der Waals surface area contributed by atoms with Crippen molar-refractivity contribution in [3.05, 3.63) is 98.5 Å². The molecule has 10 rings (SSSR count). The van der Waals surface area contributed by atoms with Crippen LogP contribution in [0.1, 0.15) is 59.9 Å². The number of esters is 1. The number of hydrogen-bond acceptors (Lipinski definition) is 10. The second-order valence-electron chi connectivity index (χ2n) is 13.7. The first-order valence-corrected chi connectivity index (χ1v) is 16.9. The van der Waals surface area contributed by atoms with Crippen molar-refractivity contribution in [2.24, 2.45) is 0 Å². The molecule has 0 amide bonds. The Morgan fingerprint density at radius 1 is 1.04 bits per heavy atom. The molecule has 4 aromatic rings. The summed E-state index contributed by atoms with van der Waals surface area (Å²) < 4.78 is 23.3. The standard InChI is InChI=1S/C20H16N2O4.C18H21NO4/c1-2-20(25)14-8-16-17-12(7-11-5-3-4-6-15(11)21-17)9-22(16)18(23)13(14)10-26-19(20)24;1-21-15-9-18-4-2-5-19(18)6-3-11-7-13-14(23-10-22-13)8-12(11)16(18)17(15)20/h3-8,25H,2,9-10H2,1H3;7-9,16-17,20H,2-6,10H2,1H3/t20-;16-,17-,18+/m01/s1. The molecule has 4 atom stereocenters. The summed E-state index contributed by atoms with van der Waals surface area (Å²) in [5, 5.41) is 22.8. The summed E-state index contributed by atoms with van der Waals surface area (Å²) in [4.78, 5) is 32.4. The second-order valence-corrected chi connectivity index (χ2v) is 13.7. The molecule has 0 unspecified atom stereocenters. The Hall–Kier alpha value is -4.71. The molecule has 252 valence electrons. The molecule has 5 aliphatic heterocycles. The number of methoxy groups -OCH3 is 1. The molecule has 2 aromatic heterocycles. The molecule has 11 heteroatoms. The molecule has 1 aliphatic carbocycles. The number of nitrogens with zero attached hydrogens (tertiary/aromatic N) is 3. The highest BCUT2D eigenvalue weighted by Gasteiger charge is 2.56. The summed E-state index contributed by atoms with van der Waals surface area (Å²) in [6.45, 7) is 4.38. The average molecular weight is 664 g/mol. The normalized spacial score (nSPS) is 27.0. The van der Waals surface area contributed by atoms with Crippen molar-refractivity contribution in [1.29, 1.82) is 0 Å². The largest absolute Gasteiger partial charge is 0.499 e. The van der Waals surface area contributed by atoms with E-state index in [2.05, 4.69) is 23.1 Å². The number of cyclic esters (lactones) is 1. The van der Waals surface area contributed by atoms with Gasteiger partial charge in [-0.25, -0.2) is 9.78 Å². The zero-order valence-corrected chi connectivity index (χ0v) is 27.4. The Morgan fingerprint density at radius 3 is 2.67 bits per heavy atom. The smallest absolute Gasteiger partial charge is 0.343 e. The molecule has 2 aromatic carbocycles. The topological polar surface area (TPSA) is 133 Å². The van der Waals surface area contributed by atoms with Crippen molar-refractivity contribution < 1.29 is 34.0 Å². The number of pyridine rings is 2. The van der Waals surface area contributed by atoms with Crippen LogP contribution in [0.4, 0.5) is 0 Å². The van der Waals surface area contributed by atoms with Crippen LogP contribution in [0.2, 0.25) is 0 Å². The monoisotopic (exact) mass is 663 g/mol. The van der Waals surface area contributed by atoms with Crippen LogP contribution in [0.15, 0.2) is 65.2 Å². The zero-order valence-electron chi connectivity index (χ0n) is 27.4. The van der Waals surface area contributed by atoms with Gasteiger partial charge in [0.05, 0.1) is 41.7 Å². The van der Waals surface area contributed by atoms with Crippen molar-refractivity contribution >= 4 is 16.9 Å². The molecule has 0 saturated carbocycles. The van der Waals surface area contributed by atoms with Crippen LogP contribution in [0.3, 0.4) is 0 Å². The highest BCUT2D eigenvalue weighted by molar-refractivity contribution is 5.86. The highest BCUT2D eigenvalue weighted by atomic mass is 16.7. The van der Waals surface area contributed by atoms with Crippen LogP contribution < -0.4 is 15.0 Å². The molecule has 2 N–H and O–H groups in total. The first kappa shape index (κ1) is 30.4. The van der Waals surface area contributed by atoms with E-state index in [1.165, 1.54) is 11.1 Å². The lowest BCUT2D eigenvalue weighted by Gasteiger charge is -2.38. The number of rotatable bonds is 2. The molecule has 1 spiro atoms. The first-order chi connectivity index (χ1) is 23.8. The average Bonchev–Trinajstić information content (AvgIpc) is 3.88. The first-order valence-electron chi connectivity index (χ1n) is 16.9. The molecule has 0 radical (unpaired) electrons. The van der Waals surface area contributed by atoms with E-state index in [4.69, 9.17) is 23.9 Å². The maximum absolute atomic E-state index is 13.0. The Labute approximate surface area is 282 Å². The van der Waals surface area contributed by atoms with Crippen molar-refractivity contribution in [2.75, 3.05) is 27.0 Å². The lowest BCUT2D eigenvalue weighted by molar-refractivity contribution is -0.172. The fourth-order valence-corrected chi connectivity index (χ4v) is 8.92. The van der Waals surface area contributed by atoms with E-state index in [0.29, 0.717) is 29.1 Å². The van der Waals surface area contributed by atoms with Crippen molar-refractivity contribution in [3.8, 4) is 22.9 Å². The van der Waals surface area contributed by atoms with Crippen LogP contribution in [0, 0.1) is 0 Å². The number of fused-ring (bicyclic) bond motifs is 8. The number of aromatic nitrogens is 2. The van der Waals surface area contributed by atoms with Gasteiger partial charge >= 0.3 is 5.97 Å². The summed E-state index contributed by atoms with van der Waals surface area (Å²) in [5.41, 5.74) is 4.14. The highest BCUT2D eigenvalue weighted by Crippen LogP contribution is 2.54. The quantitative estimate of drug-likeness (QED) is 0.268. The van der Waals surface area contributed by atoms with E-state index < -0.39 is 17.7 Å². The number of hydrogen-bond donors (Lipinski definition) is 2. The predicted molar refractivity (Wildman–Crippen MR) is 178 cm³/mol. The molecule has 11 nitrogen and oxygen atoms in total. The third-order valence-corrected chi connectivity index (χ3v) is 11.4. The van der Waals surface area contributed by atoms with Gasteiger partial charge in [-0.1, -0.05) is 25.1 Å². The van der Waals surface area contributed by atoms with Gasteiger partial charge in [0.2, 0.25) is 6.79 Å². The van der Waals surface area contributed by atoms with Gasteiger partial charge in [-0.15, -0.1) is 0 Å². The van der Waals surface area contributed by atoms with Crippen molar-refractivity contribution in [3.63, 3.8) is 0 Å². The SMILES string of the molecule is CC[C@@]1(O)C(=O)OCc2c1cc1n(c2=O)Cc2cc3ccccc3nc2-1.COC1=C[C@]23CCCN2CCc2cc4c(cc2[C@@H]3[C@@H]1O)OCO4. The lowest BCUT2D eigenvalue weighted by Crippen LogP contribution is -2.46. The summed E-state index contributed by atoms with van der Waals surface area (Å²) >= 11 is 0. The van der Waals surface area contributed by atoms with E-state index in [-0.39, 0.29) is 36.8 Å². The molecule has 1 fully saturated rings. The van der Waals surface area contributed by atoms with Gasteiger partial charge in [-0.2, -0.15) is 0 Å². The minimum atomic E-state index is -1.79. The number of para-hydroxylation sites is 1. The van der Waals surface area contributed by atoms with E-state index in [1.54, 1.807) is 24.7 Å². The summed E-state index contributed by atoms with van der Waals surface area (Å²) in [6.07, 6.45) is 4.92. The van der Waals surface area contributed by atoms with Crippen LogP contribution in [0.5, 0.6) is 11.5 Å². The van der Waals surface area contributed by atoms with Crippen LogP contribution in [-0.2, 0) is 39.4 Å². The molecular formula is C38H37N3O8. The van der Waals surface area contributed by atoms with Gasteiger partial charge < -0.3 is 33.7 Å². The molecule has 0 bridgehead atoms.